The zero-order chi connectivity index (χ0) is 12.1. The molecule has 1 aliphatic carbocycles. The van der Waals surface area contributed by atoms with Gasteiger partial charge in [0, 0.05) is 20.3 Å². The molecule has 0 aromatic heterocycles. The lowest BCUT2D eigenvalue weighted by molar-refractivity contribution is -0.144. The molecule has 0 amide bonds. The number of ether oxygens (including phenoxy) is 2. The average Bonchev–Trinajstić information content (AvgIpc) is 2.45. The van der Waals surface area contributed by atoms with Crippen LogP contribution in [0.15, 0.2) is 11.6 Å². The maximum Gasteiger partial charge on any atom is 0.303 e. The summed E-state index contributed by atoms with van der Waals surface area (Å²) in [5, 5.41) is 0. The van der Waals surface area contributed by atoms with Crippen molar-refractivity contribution < 1.29 is 23.9 Å². The molecule has 0 N–H and O–H groups in total. The summed E-state index contributed by atoms with van der Waals surface area (Å²) in [6, 6.07) is 0. The van der Waals surface area contributed by atoms with Gasteiger partial charge in [-0.05, 0) is 11.6 Å². The minimum Gasteiger partial charge on any atom is -0.466 e. The Morgan fingerprint density at radius 1 is 1.38 bits per heavy atom. The standard InChI is InChI=1S/C11H14O5/c1-7(12)15-4-3-9-5-10(6-11(9)14)16-8(2)13/h5,10H,3-4,6H2,1-2H3. The van der Waals surface area contributed by atoms with Crippen molar-refractivity contribution in [3.05, 3.63) is 11.6 Å². The normalized spacial score (nSPS) is 19.2. The molecule has 0 aromatic rings. The fraction of sp³-hybridized carbons (Fsp3) is 0.545. The molecule has 0 saturated heterocycles. The quantitative estimate of drug-likeness (QED) is 0.662. The van der Waals surface area contributed by atoms with Crippen molar-refractivity contribution in [2.45, 2.75) is 32.8 Å². The van der Waals surface area contributed by atoms with Crippen molar-refractivity contribution >= 4 is 17.7 Å². The van der Waals surface area contributed by atoms with Gasteiger partial charge in [-0.3, -0.25) is 14.4 Å². The summed E-state index contributed by atoms with van der Waals surface area (Å²) in [5.74, 6) is -0.837. The highest BCUT2D eigenvalue weighted by Gasteiger charge is 2.25. The van der Waals surface area contributed by atoms with E-state index in [1.807, 2.05) is 0 Å². The molecule has 0 saturated carbocycles. The lowest BCUT2D eigenvalue weighted by Crippen LogP contribution is -2.12. The van der Waals surface area contributed by atoms with E-state index in [9.17, 15) is 14.4 Å². The summed E-state index contributed by atoms with van der Waals surface area (Å²) in [6.07, 6.45) is 1.72. The SMILES string of the molecule is CC(=O)OCCC1=CC(OC(C)=O)CC1=O. The van der Waals surface area contributed by atoms with E-state index in [1.165, 1.54) is 13.8 Å². The fourth-order valence-corrected chi connectivity index (χ4v) is 1.51. The van der Waals surface area contributed by atoms with E-state index in [-0.39, 0.29) is 24.8 Å². The highest BCUT2D eigenvalue weighted by molar-refractivity contribution is 5.98. The Morgan fingerprint density at radius 2 is 2.06 bits per heavy atom. The van der Waals surface area contributed by atoms with Gasteiger partial charge in [-0.1, -0.05) is 0 Å². The largest absolute Gasteiger partial charge is 0.466 e. The Hall–Kier alpha value is -1.65. The third kappa shape index (κ3) is 3.84. The molecule has 16 heavy (non-hydrogen) atoms. The minimum absolute atomic E-state index is 0.0570. The van der Waals surface area contributed by atoms with Gasteiger partial charge < -0.3 is 9.47 Å². The number of esters is 2. The van der Waals surface area contributed by atoms with Gasteiger partial charge in [-0.2, -0.15) is 0 Å². The van der Waals surface area contributed by atoms with Crippen molar-refractivity contribution in [3.63, 3.8) is 0 Å². The zero-order valence-electron chi connectivity index (χ0n) is 9.32. The first-order chi connectivity index (χ1) is 7.49. The molecule has 5 heteroatoms. The van der Waals surface area contributed by atoms with Crippen LogP contribution in [0.5, 0.6) is 0 Å². The van der Waals surface area contributed by atoms with Gasteiger partial charge in [0.25, 0.3) is 0 Å². The molecule has 0 spiro atoms. The molecule has 0 aliphatic heterocycles. The van der Waals surface area contributed by atoms with E-state index in [1.54, 1.807) is 6.08 Å². The molecule has 1 aliphatic rings. The maximum absolute atomic E-state index is 11.4. The van der Waals surface area contributed by atoms with Crippen molar-refractivity contribution in [3.8, 4) is 0 Å². The van der Waals surface area contributed by atoms with Crippen molar-refractivity contribution in [1.82, 2.24) is 0 Å². The molecule has 0 radical (unpaired) electrons. The summed E-state index contributed by atoms with van der Waals surface area (Å²) >= 11 is 0. The molecule has 1 unspecified atom stereocenters. The number of hydrogen-bond acceptors (Lipinski definition) is 5. The van der Waals surface area contributed by atoms with Crippen molar-refractivity contribution in [2.24, 2.45) is 0 Å². The number of carbonyl (C=O) groups excluding carboxylic acids is 3. The second-order valence-corrected chi connectivity index (χ2v) is 3.56. The van der Waals surface area contributed by atoms with Crippen LogP contribution in [0.4, 0.5) is 0 Å². The first kappa shape index (κ1) is 12.4. The lowest BCUT2D eigenvalue weighted by atomic mass is 10.1. The smallest absolute Gasteiger partial charge is 0.303 e. The Morgan fingerprint density at radius 3 is 2.62 bits per heavy atom. The van der Waals surface area contributed by atoms with Gasteiger partial charge in [0.15, 0.2) is 5.78 Å². The fourth-order valence-electron chi connectivity index (χ4n) is 1.51. The van der Waals surface area contributed by atoms with E-state index in [0.29, 0.717) is 12.0 Å². The molecule has 88 valence electrons. The summed E-state index contributed by atoms with van der Waals surface area (Å²) in [5.41, 5.74) is 0.563. The van der Waals surface area contributed by atoms with Crippen LogP contribution in [-0.2, 0) is 23.9 Å². The van der Waals surface area contributed by atoms with Crippen LogP contribution in [0.3, 0.4) is 0 Å². The molecule has 0 aromatic carbocycles. The van der Waals surface area contributed by atoms with Gasteiger partial charge in [0.2, 0.25) is 0 Å². The predicted molar refractivity (Wildman–Crippen MR) is 54.5 cm³/mol. The van der Waals surface area contributed by atoms with Gasteiger partial charge in [-0.25, -0.2) is 0 Å². The Bertz CT molecular complexity index is 342. The van der Waals surface area contributed by atoms with E-state index < -0.39 is 12.1 Å². The Kier molecular flexibility index (Phi) is 4.22. The first-order valence-corrected chi connectivity index (χ1v) is 5.03. The van der Waals surface area contributed by atoms with E-state index in [2.05, 4.69) is 0 Å². The van der Waals surface area contributed by atoms with E-state index >= 15 is 0 Å². The molecular weight excluding hydrogens is 212 g/mol. The summed E-state index contributed by atoms with van der Waals surface area (Å²) in [6.45, 7) is 2.79. The van der Waals surface area contributed by atoms with Crippen LogP contribution in [-0.4, -0.2) is 30.4 Å². The molecular formula is C11H14O5. The van der Waals surface area contributed by atoms with Gasteiger partial charge in [0.05, 0.1) is 13.0 Å². The monoisotopic (exact) mass is 226 g/mol. The zero-order valence-corrected chi connectivity index (χ0v) is 9.32. The van der Waals surface area contributed by atoms with Gasteiger partial charge >= 0.3 is 11.9 Å². The molecule has 1 rings (SSSR count). The highest BCUT2D eigenvalue weighted by Crippen LogP contribution is 2.20. The second-order valence-electron chi connectivity index (χ2n) is 3.56. The number of Topliss-reactive ketones (excluding diaryl/α,β-unsaturated/α-hetero) is 1. The van der Waals surface area contributed by atoms with Crippen LogP contribution >= 0.6 is 0 Å². The number of ketones is 1. The maximum atomic E-state index is 11.4. The number of hydrogen-bond donors (Lipinski definition) is 0. The molecule has 1 atom stereocenters. The van der Waals surface area contributed by atoms with Crippen LogP contribution < -0.4 is 0 Å². The van der Waals surface area contributed by atoms with Gasteiger partial charge in [0.1, 0.15) is 6.10 Å². The summed E-state index contributed by atoms with van der Waals surface area (Å²) in [4.78, 5) is 32.6. The molecule has 0 bridgehead atoms. The van der Waals surface area contributed by atoms with E-state index in [0.717, 1.165) is 0 Å². The molecule has 5 nitrogen and oxygen atoms in total. The highest BCUT2D eigenvalue weighted by atomic mass is 16.5. The summed E-state index contributed by atoms with van der Waals surface area (Å²) < 4.78 is 9.62. The van der Waals surface area contributed by atoms with Crippen molar-refractivity contribution in [2.75, 3.05) is 6.61 Å². The van der Waals surface area contributed by atoms with Crippen molar-refractivity contribution in [1.29, 1.82) is 0 Å². The minimum atomic E-state index is -0.461. The molecule has 0 heterocycles. The molecule has 0 fully saturated rings. The first-order valence-electron chi connectivity index (χ1n) is 5.03. The number of carbonyl (C=O) groups is 3. The topological polar surface area (TPSA) is 69.7 Å². The lowest BCUT2D eigenvalue weighted by Gasteiger charge is -2.05. The average molecular weight is 226 g/mol. The Labute approximate surface area is 93.4 Å². The Balaban J connectivity index is 2.43. The van der Waals surface area contributed by atoms with Crippen LogP contribution in [0, 0.1) is 0 Å². The van der Waals surface area contributed by atoms with Gasteiger partial charge in [-0.15, -0.1) is 0 Å². The van der Waals surface area contributed by atoms with Crippen LogP contribution in [0.1, 0.15) is 26.7 Å². The second kappa shape index (κ2) is 5.44. The predicted octanol–water partition coefficient (Wildman–Crippen LogP) is 0.770. The third-order valence-corrected chi connectivity index (χ3v) is 2.13. The van der Waals surface area contributed by atoms with E-state index in [4.69, 9.17) is 9.47 Å². The summed E-state index contributed by atoms with van der Waals surface area (Å²) in [7, 11) is 0. The third-order valence-electron chi connectivity index (χ3n) is 2.13. The number of rotatable bonds is 4. The van der Waals surface area contributed by atoms with Crippen LogP contribution in [0.2, 0.25) is 0 Å². The van der Waals surface area contributed by atoms with Crippen LogP contribution in [0.25, 0.3) is 0 Å².